The predicted octanol–water partition coefficient (Wildman–Crippen LogP) is -1.74. The van der Waals surface area contributed by atoms with Crippen LogP contribution in [0.3, 0.4) is 0 Å². The van der Waals surface area contributed by atoms with Crippen LogP contribution in [-0.4, -0.2) is 57.6 Å². The monoisotopic (exact) mass is 371 g/mol. The van der Waals surface area contributed by atoms with Gasteiger partial charge in [0.1, 0.15) is 18.9 Å². The topological polar surface area (TPSA) is 156 Å². The lowest BCUT2D eigenvalue weighted by molar-refractivity contribution is -0.166. The zero-order valence-corrected chi connectivity index (χ0v) is 14.2. The average molecular weight is 371 g/mol. The van der Waals surface area contributed by atoms with E-state index in [9.17, 15) is 24.0 Å². The van der Waals surface area contributed by atoms with Crippen LogP contribution >= 0.6 is 0 Å². The second-order valence-electron chi connectivity index (χ2n) is 5.40. The zero-order valence-electron chi connectivity index (χ0n) is 14.2. The first-order valence-corrected chi connectivity index (χ1v) is 7.50. The van der Waals surface area contributed by atoms with Gasteiger partial charge in [0, 0.05) is 20.8 Å². The second kappa shape index (κ2) is 7.91. The number of carbonyl (C=O) groups excluding carboxylic acids is 3. The van der Waals surface area contributed by atoms with E-state index >= 15 is 0 Å². The van der Waals surface area contributed by atoms with Crippen LogP contribution in [0.2, 0.25) is 0 Å². The van der Waals surface area contributed by atoms with Gasteiger partial charge in [-0.05, 0) is 0 Å². The SMILES string of the molecule is CC(=O)OC[C@@H]1O[C@@H](n2ncc(=O)[nH]c2=O)[C@@H](OC(C)=O)[C@H]1OC(C)=O. The number of nitrogens with one attached hydrogen (secondary N) is 1. The van der Waals surface area contributed by atoms with Crippen LogP contribution in [0.15, 0.2) is 15.8 Å². The highest BCUT2D eigenvalue weighted by atomic mass is 16.7. The van der Waals surface area contributed by atoms with Crippen molar-refractivity contribution in [3.8, 4) is 0 Å². The molecule has 1 aliphatic heterocycles. The van der Waals surface area contributed by atoms with E-state index in [4.69, 9.17) is 18.9 Å². The number of hydrogen-bond acceptors (Lipinski definition) is 10. The van der Waals surface area contributed by atoms with Gasteiger partial charge in [0.05, 0.1) is 0 Å². The Morgan fingerprint density at radius 2 is 1.73 bits per heavy atom. The third-order valence-corrected chi connectivity index (χ3v) is 3.32. The maximum Gasteiger partial charge on any atom is 0.347 e. The smallest absolute Gasteiger partial charge is 0.347 e. The van der Waals surface area contributed by atoms with E-state index in [1.807, 2.05) is 4.98 Å². The predicted molar refractivity (Wildman–Crippen MR) is 80.8 cm³/mol. The number of nitrogens with zero attached hydrogens (tertiary/aromatic N) is 2. The molecule has 0 saturated carbocycles. The van der Waals surface area contributed by atoms with Crippen LogP contribution in [0.1, 0.15) is 27.0 Å². The minimum absolute atomic E-state index is 0.320. The average Bonchev–Trinajstić information content (AvgIpc) is 2.82. The minimum atomic E-state index is -1.31. The Balaban J connectivity index is 2.41. The number of aromatic amines is 1. The number of esters is 3. The molecule has 2 heterocycles. The standard InChI is InChI=1S/C14H17N3O9/c1-6(18)23-5-9-11(24-7(2)19)12(25-8(3)20)13(26-9)17-14(22)16-10(21)4-15-17/h4,9,11-13H,5H2,1-3H3,(H,16,21,22)/t9-,11-,12-,13+/m0/s1. The summed E-state index contributed by atoms with van der Waals surface area (Å²) in [5.74, 6) is -2.04. The summed E-state index contributed by atoms with van der Waals surface area (Å²) in [7, 11) is 0. The molecular formula is C14H17N3O9. The highest BCUT2D eigenvalue weighted by Gasteiger charge is 2.51. The maximum atomic E-state index is 12.0. The molecule has 0 bridgehead atoms. The molecule has 26 heavy (non-hydrogen) atoms. The lowest BCUT2D eigenvalue weighted by Gasteiger charge is -2.23. The fourth-order valence-electron chi connectivity index (χ4n) is 2.43. The summed E-state index contributed by atoms with van der Waals surface area (Å²) in [5, 5.41) is 3.66. The van der Waals surface area contributed by atoms with Gasteiger partial charge in [0.25, 0.3) is 5.56 Å². The molecule has 0 aromatic carbocycles. The summed E-state index contributed by atoms with van der Waals surface area (Å²) in [5.41, 5.74) is -1.66. The van der Waals surface area contributed by atoms with Crippen LogP contribution < -0.4 is 11.2 Å². The van der Waals surface area contributed by atoms with E-state index in [1.54, 1.807) is 0 Å². The van der Waals surface area contributed by atoms with E-state index < -0.39 is 53.7 Å². The van der Waals surface area contributed by atoms with Gasteiger partial charge in [-0.1, -0.05) is 0 Å². The summed E-state index contributed by atoms with van der Waals surface area (Å²) in [6, 6.07) is 0. The summed E-state index contributed by atoms with van der Waals surface area (Å²) in [6.07, 6.45) is -3.93. The number of hydrogen-bond donors (Lipinski definition) is 1. The Morgan fingerprint density at radius 1 is 1.12 bits per heavy atom. The van der Waals surface area contributed by atoms with E-state index in [2.05, 4.69) is 5.10 Å². The van der Waals surface area contributed by atoms with Crippen LogP contribution in [0.25, 0.3) is 0 Å². The Bertz CT molecular complexity index is 814. The highest BCUT2D eigenvalue weighted by Crippen LogP contribution is 2.33. The summed E-state index contributed by atoms with van der Waals surface area (Å²) in [4.78, 5) is 59.1. The summed E-state index contributed by atoms with van der Waals surface area (Å²) in [6.45, 7) is 3.10. The van der Waals surface area contributed by atoms with E-state index in [0.717, 1.165) is 24.7 Å². The van der Waals surface area contributed by atoms with Gasteiger partial charge in [0.2, 0.25) is 0 Å². The molecule has 1 saturated heterocycles. The van der Waals surface area contributed by atoms with Gasteiger partial charge >= 0.3 is 23.6 Å². The molecule has 0 unspecified atom stereocenters. The molecule has 0 amide bonds. The van der Waals surface area contributed by atoms with Crippen molar-refractivity contribution in [2.45, 2.75) is 45.3 Å². The van der Waals surface area contributed by atoms with Gasteiger partial charge in [-0.2, -0.15) is 9.78 Å². The third kappa shape index (κ3) is 4.53. The van der Waals surface area contributed by atoms with E-state index in [-0.39, 0.29) is 6.61 Å². The van der Waals surface area contributed by atoms with Crippen molar-refractivity contribution in [3.63, 3.8) is 0 Å². The molecule has 12 nitrogen and oxygen atoms in total. The molecule has 1 aromatic heterocycles. The third-order valence-electron chi connectivity index (χ3n) is 3.32. The fraction of sp³-hybridized carbons (Fsp3) is 0.571. The zero-order chi connectivity index (χ0) is 19.4. The van der Waals surface area contributed by atoms with E-state index in [0.29, 0.717) is 0 Å². The van der Waals surface area contributed by atoms with Crippen molar-refractivity contribution < 1.29 is 33.3 Å². The molecule has 4 atom stereocenters. The molecule has 142 valence electrons. The minimum Gasteiger partial charge on any atom is -0.463 e. The summed E-state index contributed by atoms with van der Waals surface area (Å²) >= 11 is 0. The first kappa shape index (κ1) is 19.3. The Labute approximate surface area is 146 Å². The molecule has 1 aliphatic rings. The Morgan fingerprint density at radius 3 is 2.27 bits per heavy atom. The van der Waals surface area contributed by atoms with Crippen LogP contribution in [-0.2, 0) is 33.3 Å². The van der Waals surface area contributed by atoms with E-state index in [1.165, 1.54) is 6.92 Å². The van der Waals surface area contributed by atoms with Gasteiger partial charge in [-0.3, -0.25) is 24.2 Å². The largest absolute Gasteiger partial charge is 0.463 e. The van der Waals surface area contributed by atoms with Crippen LogP contribution in [0.4, 0.5) is 0 Å². The molecule has 1 fully saturated rings. The molecule has 0 aliphatic carbocycles. The molecule has 2 rings (SSSR count). The molecular weight excluding hydrogens is 354 g/mol. The number of H-pyrrole nitrogens is 1. The fourth-order valence-corrected chi connectivity index (χ4v) is 2.43. The molecule has 1 N–H and O–H groups in total. The normalized spacial score (nSPS) is 24.7. The van der Waals surface area contributed by atoms with Crippen molar-refractivity contribution in [2.75, 3.05) is 6.61 Å². The number of ether oxygens (including phenoxy) is 4. The maximum absolute atomic E-state index is 12.0. The molecule has 12 heteroatoms. The van der Waals surface area contributed by atoms with Crippen molar-refractivity contribution in [1.82, 2.24) is 14.8 Å². The number of rotatable bonds is 5. The van der Waals surface area contributed by atoms with Crippen molar-refractivity contribution in [3.05, 3.63) is 27.0 Å². The van der Waals surface area contributed by atoms with Crippen molar-refractivity contribution in [1.29, 1.82) is 0 Å². The lowest BCUT2D eigenvalue weighted by Crippen LogP contribution is -2.43. The van der Waals surface area contributed by atoms with Gasteiger partial charge in [0.15, 0.2) is 18.4 Å². The molecule has 1 aromatic rings. The Hall–Kier alpha value is -3.02. The lowest BCUT2D eigenvalue weighted by atomic mass is 10.1. The highest BCUT2D eigenvalue weighted by molar-refractivity contribution is 5.67. The molecule has 0 radical (unpaired) electrons. The number of aromatic nitrogens is 3. The Kier molecular flexibility index (Phi) is 5.87. The van der Waals surface area contributed by atoms with Gasteiger partial charge in [-0.15, -0.1) is 0 Å². The molecule has 0 spiro atoms. The van der Waals surface area contributed by atoms with Crippen molar-refractivity contribution >= 4 is 17.9 Å². The second-order valence-corrected chi connectivity index (χ2v) is 5.40. The first-order valence-electron chi connectivity index (χ1n) is 7.50. The first-order chi connectivity index (χ1) is 12.2. The van der Waals surface area contributed by atoms with Crippen LogP contribution in [0.5, 0.6) is 0 Å². The van der Waals surface area contributed by atoms with Gasteiger partial charge in [-0.25, -0.2) is 4.79 Å². The van der Waals surface area contributed by atoms with Crippen LogP contribution in [0, 0.1) is 0 Å². The van der Waals surface area contributed by atoms with Gasteiger partial charge < -0.3 is 18.9 Å². The summed E-state index contributed by atoms with van der Waals surface area (Å²) < 4.78 is 21.5. The quantitative estimate of drug-likeness (QED) is 0.465. The van der Waals surface area contributed by atoms with Crippen molar-refractivity contribution in [2.24, 2.45) is 0 Å². The number of carbonyl (C=O) groups is 3.